The summed E-state index contributed by atoms with van der Waals surface area (Å²) in [4.78, 5) is 0. The van der Waals surface area contributed by atoms with Gasteiger partial charge in [0.05, 0.1) is 13.2 Å². The summed E-state index contributed by atoms with van der Waals surface area (Å²) in [5.74, 6) is 1.77. The van der Waals surface area contributed by atoms with Gasteiger partial charge in [-0.25, -0.2) is 0 Å². The molecule has 0 saturated carbocycles. The van der Waals surface area contributed by atoms with E-state index in [-0.39, 0.29) is 6.04 Å². The summed E-state index contributed by atoms with van der Waals surface area (Å²) in [6, 6.07) is 4.40. The van der Waals surface area contributed by atoms with Crippen LogP contribution in [0.3, 0.4) is 0 Å². The van der Waals surface area contributed by atoms with E-state index < -0.39 is 0 Å². The highest BCUT2D eigenvalue weighted by atomic mass is 16.5. The van der Waals surface area contributed by atoms with Gasteiger partial charge in [0.1, 0.15) is 0 Å². The minimum atomic E-state index is 0.157. The van der Waals surface area contributed by atoms with Crippen molar-refractivity contribution in [3.05, 3.63) is 23.3 Å². The highest BCUT2D eigenvalue weighted by molar-refractivity contribution is 5.49. The Morgan fingerprint density at radius 3 is 2.59 bits per heavy atom. The zero-order valence-corrected chi connectivity index (χ0v) is 10.1. The van der Waals surface area contributed by atoms with Crippen molar-refractivity contribution < 1.29 is 9.47 Å². The van der Waals surface area contributed by atoms with Crippen LogP contribution in [0.2, 0.25) is 0 Å². The van der Waals surface area contributed by atoms with Crippen molar-refractivity contribution in [1.29, 1.82) is 0 Å². The van der Waals surface area contributed by atoms with Gasteiger partial charge in [0.2, 0.25) is 0 Å². The molecule has 0 bridgehead atoms. The molecule has 0 radical (unpaired) electrons. The van der Waals surface area contributed by atoms with Gasteiger partial charge in [-0.2, -0.15) is 0 Å². The third kappa shape index (κ3) is 2.12. The lowest BCUT2D eigenvalue weighted by atomic mass is 9.99. The van der Waals surface area contributed by atoms with E-state index >= 15 is 0 Å². The van der Waals surface area contributed by atoms with E-state index in [1.54, 1.807) is 0 Å². The summed E-state index contributed by atoms with van der Waals surface area (Å²) in [6.07, 6.45) is 5.57. The predicted octanol–water partition coefficient (Wildman–Crippen LogP) is 2.57. The molecular weight excluding hydrogens is 214 g/mol. The quantitative estimate of drug-likeness (QED) is 0.700. The second kappa shape index (κ2) is 4.57. The second-order valence-corrected chi connectivity index (χ2v) is 4.90. The number of hydrogen-bond acceptors (Lipinski definition) is 3. The lowest BCUT2D eigenvalue weighted by Gasteiger charge is -2.16. The predicted molar refractivity (Wildman–Crippen MR) is 66.5 cm³/mol. The summed E-state index contributed by atoms with van der Waals surface area (Å²) in [5, 5.41) is 0. The lowest BCUT2D eigenvalue weighted by molar-refractivity contribution is 0.297. The molecule has 1 aliphatic heterocycles. The van der Waals surface area contributed by atoms with Gasteiger partial charge in [-0.3, -0.25) is 0 Å². The molecule has 1 aromatic carbocycles. The Morgan fingerprint density at radius 2 is 1.76 bits per heavy atom. The number of rotatable bonds is 0. The SMILES string of the molecule is N[C@H]1CCCCc2cc3c(cc21)OCCCO3. The maximum atomic E-state index is 6.22. The van der Waals surface area contributed by atoms with Crippen LogP contribution in [0.25, 0.3) is 0 Å². The summed E-state index contributed by atoms with van der Waals surface area (Å²) in [5.41, 5.74) is 8.82. The molecule has 0 amide bonds. The number of ether oxygens (including phenoxy) is 2. The van der Waals surface area contributed by atoms with Crippen molar-refractivity contribution in [2.75, 3.05) is 13.2 Å². The van der Waals surface area contributed by atoms with Crippen LogP contribution in [-0.2, 0) is 6.42 Å². The zero-order valence-electron chi connectivity index (χ0n) is 10.1. The zero-order chi connectivity index (χ0) is 11.7. The van der Waals surface area contributed by atoms with E-state index in [0.717, 1.165) is 44.0 Å². The normalized spacial score (nSPS) is 23.5. The van der Waals surface area contributed by atoms with Gasteiger partial charge in [-0.05, 0) is 42.5 Å². The fraction of sp³-hybridized carbons (Fsp3) is 0.571. The van der Waals surface area contributed by atoms with E-state index in [1.807, 2.05) is 0 Å². The third-order valence-corrected chi connectivity index (χ3v) is 3.62. The molecule has 1 heterocycles. The Hall–Kier alpha value is -1.22. The largest absolute Gasteiger partial charge is 0.490 e. The molecule has 1 atom stereocenters. The molecule has 1 aliphatic carbocycles. The van der Waals surface area contributed by atoms with Gasteiger partial charge in [0, 0.05) is 12.5 Å². The van der Waals surface area contributed by atoms with E-state index in [1.165, 1.54) is 24.0 Å². The molecule has 92 valence electrons. The molecule has 17 heavy (non-hydrogen) atoms. The standard InChI is InChI=1S/C14H19NO2/c15-12-5-2-1-4-10-8-13-14(9-11(10)12)17-7-3-6-16-13/h8-9,12H,1-7,15H2/t12-/m0/s1. The molecule has 0 fully saturated rings. The molecule has 1 aromatic rings. The van der Waals surface area contributed by atoms with Crippen LogP contribution < -0.4 is 15.2 Å². The van der Waals surface area contributed by atoms with Crippen LogP contribution in [0.5, 0.6) is 11.5 Å². The number of hydrogen-bond donors (Lipinski definition) is 1. The first-order valence-corrected chi connectivity index (χ1v) is 6.52. The maximum absolute atomic E-state index is 6.22. The molecule has 0 unspecified atom stereocenters. The molecule has 3 nitrogen and oxygen atoms in total. The topological polar surface area (TPSA) is 44.5 Å². The molecule has 3 rings (SSSR count). The van der Waals surface area contributed by atoms with E-state index in [9.17, 15) is 0 Å². The van der Waals surface area contributed by atoms with Crippen molar-refractivity contribution >= 4 is 0 Å². The summed E-state index contributed by atoms with van der Waals surface area (Å²) >= 11 is 0. The van der Waals surface area contributed by atoms with Gasteiger partial charge < -0.3 is 15.2 Å². The van der Waals surface area contributed by atoms with Gasteiger partial charge >= 0.3 is 0 Å². The average Bonchev–Trinajstić information content (AvgIpc) is 2.66. The lowest BCUT2D eigenvalue weighted by Crippen LogP contribution is -2.11. The van der Waals surface area contributed by atoms with Gasteiger partial charge in [0.15, 0.2) is 11.5 Å². The van der Waals surface area contributed by atoms with Crippen LogP contribution in [0.15, 0.2) is 12.1 Å². The number of aryl methyl sites for hydroxylation is 1. The van der Waals surface area contributed by atoms with Crippen molar-refractivity contribution in [3.63, 3.8) is 0 Å². The Bertz CT molecular complexity index is 417. The number of nitrogens with two attached hydrogens (primary N) is 1. The minimum absolute atomic E-state index is 0.157. The first-order chi connectivity index (χ1) is 8.34. The van der Waals surface area contributed by atoms with E-state index in [4.69, 9.17) is 15.2 Å². The fourth-order valence-electron chi connectivity index (χ4n) is 2.66. The van der Waals surface area contributed by atoms with E-state index in [2.05, 4.69) is 12.1 Å². The van der Waals surface area contributed by atoms with Gasteiger partial charge in [-0.1, -0.05) is 6.42 Å². The highest BCUT2D eigenvalue weighted by Crippen LogP contribution is 2.37. The molecule has 0 spiro atoms. The molecular formula is C14H19NO2. The summed E-state index contributed by atoms with van der Waals surface area (Å²) in [6.45, 7) is 1.48. The second-order valence-electron chi connectivity index (χ2n) is 4.90. The van der Waals surface area contributed by atoms with Crippen molar-refractivity contribution in [3.8, 4) is 11.5 Å². The highest BCUT2D eigenvalue weighted by Gasteiger charge is 2.20. The molecule has 3 heteroatoms. The van der Waals surface area contributed by atoms with Crippen LogP contribution in [0.1, 0.15) is 42.9 Å². The number of fused-ring (bicyclic) bond motifs is 2. The smallest absolute Gasteiger partial charge is 0.161 e. The van der Waals surface area contributed by atoms with Crippen molar-refractivity contribution in [2.24, 2.45) is 5.73 Å². The summed E-state index contributed by atoms with van der Waals surface area (Å²) < 4.78 is 11.4. The Labute approximate surface area is 102 Å². The third-order valence-electron chi connectivity index (χ3n) is 3.62. The van der Waals surface area contributed by atoms with Crippen molar-refractivity contribution in [1.82, 2.24) is 0 Å². The first kappa shape index (κ1) is 10.9. The number of benzene rings is 1. The maximum Gasteiger partial charge on any atom is 0.161 e. The van der Waals surface area contributed by atoms with Gasteiger partial charge in [0.25, 0.3) is 0 Å². The van der Waals surface area contributed by atoms with Gasteiger partial charge in [-0.15, -0.1) is 0 Å². The van der Waals surface area contributed by atoms with Crippen molar-refractivity contribution in [2.45, 2.75) is 38.1 Å². The van der Waals surface area contributed by atoms with Crippen LogP contribution in [-0.4, -0.2) is 13.2 Å². The minimum Gasteiger partial charge on any atom is -0.490 e. The average molecular weight is 233 g/mol. The monoisotopic (exact) mass is 233 g/mol. The molecule has 2 N–H and O–H groups in total. The van der Waals surface area contributed by atoms with Crippen LogP contribution in [0.4, 0.5) is 0 Å². The molecule has 2 aliphatic rings. The Balaban J connectivity index is 2.03. The summed E-state index contributed by atoms with van der Waals surface area (Å²) in [7, 11) is 0. The molecule has 0 saturated heterocycles. The van der Waals surface area contributed by atoms with E-state index in [0.29, 0.717) is 0 Å². The fourth-order valence-corrected chi connectivity index (χ4v) is 2.66. The Kier molecular flexibility index (Phi) is 2.93. The Morgan fingerprint density at radius 1 is 1.00 bits per heavy atom. The van der Waals surface area contributed by atoms with Crippen LogP contribution in [0, 0.1) is 0 Å². The molecule has 0 aromatic heterocycles. The first-order valence-electron chi connectivity index (χ1n) is 6.52. The van der Waals surface area contributed by atoms with Crippen LogP contribution >= 0.6 is 0 Å².